The Morgan fingerprint density at radius 2 is 0.506 bits per heavy atom. The molecule has 0 saturated heterocycles. The lowest BCUT2D eigenvalue weighted by atomic mass is 10.1. The zero-order chi connectivity index (χ0) is 55.7. The first kappa shape index (κ1) is 72.5. The van der Waals surface area contributed by atoms with Crippen molar-refractivity contribution in [1.29, 1.82) is 0 Å². The summed E-state index contributed by atoms with van der Waals surface area (Å²) < 4.78 is 16.9. The zero-order valence-electron chi connectivity index (χ0n) is 49.9. The first-order valence-corrected chi connectivity index (χ1v) is 31.7. The Hall–Kier alpha value is -4.45. The molecule has 0 bridgehead atoms. The number of carbonyl (C=O) groups is 3. The van der Waals surface area contributed by atoms with E-state index >= 15 is 0 Å². The van der Waals surface area contributed by atoms with Crippen molar-refractivity contribution in [3.63, 3.8) is 0 Å². The molecular formula is C71H116O6. The first-order valence-electron chi connectivity index (χ1n) is 31.7. The summed E-state index contributed by atoms with van der Waals surface area (Å²) in [4.78, 5) is 38.3. The summed E-state index contributed by atoms with van der Waals surface area (Å²) in [5.41, 5.74) is 0. The number of allylic oxidation sites excluding steroid dienone is 22. The van der Waals surface area contributed by atoms with Gasteiger partial charge in [0.15, 0.2) is 6.10 Å². The molecule has 6 nitrogen and oxygen atoms in total. The van der Waals surface area contributed by atoms with Gasteiger partial charge in [0.1, 0.15) is 13.2 Å². The number of hydrogen-bond donors (Lipinski definition) is 0. The van der Waals surface area contributed by atoms with Crippen molar-refractivity contribution >= 4 is 17.9 Å². The van der Waals surface area contributed by atoms with Gasteiger partial charge in [0.05, 0.1) is 0 Å². The van der Waals surface area contributed by atoms with E-state index in [2.05, 4.69) is 154 Å². The number of rotatable bonds is 56. The maximum absolute atomic E-state index is 12.9. The van der Waals surface area contributed by atoms with Gasteiger partial charge in [0.2, 0.25) is 0 Å². The van der Waals surface area contributed by atoms with Crippen LogP contribution in [0.4, 0.5) is 0 Å². The van der Waals surface area contributed by atoms with Gasteiger partial charge < -0.3 is 14.2 Å². The minimum absolute atomic E-state index is 0.0920. The second-order valence-electron chi connectivity index (χ2n) is 20.6. The van der Waals surface area contributed by atoms with Crippen molar-refractivity contribution in [2.45, 2.75) is 284 Å². The Morgan fingerprint density at radius 1 is 0.273 bits per heavy atom. The van der Waals surface area contributed by atoms with Crippen LogP contribution in [0.5, 0.6) is 0 Å². The third-order valence-corrected chi connectivity index (χ3v) is 13.2. The number of hydrogen-bond acceptors (Lipinski definition) is 6. The van der Waals surface area contributed by atoms with Crippen molar-refractivity contribution in [2.24, 2.45) is 0 Å². The standard InChI is InChI=1S/C71H116O6/c1-4-7-10-13-16-19-22-24-26-28-30-32-34-35-37-38-40-42-44-46-49-52-55-58-61-64-70(73)76-67-68(66-75-69(72)63-60-57-54-51-48-21-18-15-12-9-6-3)77-71(74)65-62-59-56-53-50-47-45-43-41-39-36-33-31-29-27-25-23-20-17-14-11-8-5-2/h7-8,10-11,16-17,19-20,24-27,30-33,35,37,39,41,45,47,68H,4-6,9,12-15,18,21-23,28-29,34,36,38,40,42-44,46,48-67H2,1-3H3/b10-7-,11-8-,19-16-,20-17-,26-24-,27-25-,32-30-,33-31-,37-35-,41-39-,47-45-. The van der Waals surface area contributed by atoms with Gasteiger partial charge in [-0.15, -0.1) is 0 Å². The van der Waals surface area contributed by atoms with Gasteiger partial charge in [0, 0.05) is 19.3 Å². The summed E-state index contributed by atoms with van der Waals surface area (Å²) in [7, 11) is 0. The van der Waals surface area contributed by atoms with Crippen LogP contribution in [0.3, 0.4) is 0 Å². The third kappa shape index (κ3) is 62.3. The van der Waals surface area contributed by atoms with Crippen LogP contribution in [0, 0.1) is 0 Å². The SMILES string of the molecule is CC/C=C\C/C=C\C/C=C\C/C=C\C/C=C\C/C=C\CCCCCCC(=O)OC(COC(=O)CCCCCCCCCCC/C=C\C/C=C\C/C=C\C/C=C\C/C=C\CC)COC(=O)CCCCCCCCCCCCC. The Kier molecular flexibility index (Phi) is 60.4. The Balaban J connectivity index is 4.38. The number of esters is 3. The summed E-state index contributed by atoms with van der Waals surface area (Å²) in [6.07, 6.45) is 90.2. The van der Waals surface area contributed by atoms with E-state index in [1.807, 2.05) is 0 Å². The van der Waals surface area contributed by atoms with Crippen molar-refractivity contribution in [3.8, 4) is 0 Å². The van der Waals surface area contributed by atoms with Crippen molar-refractivity contribution in [1.82, 2.24) is 0 Å². The smallest absolute Gasteiger partial charge is 0.306 e. The lowest BCUT2D eigenvalue weighted by Gasteiger charge is -2.18. The Morgan fingerprint density at radius 3 is 0.792 bits per heavy atom. The summed E-state index contributed by atoms with van der Waals surface area (Å²) >= 11 is 0. The highest BCUT2D eigenvalue weighted by atomic mass is 16.6. The fourth-order valence-electron chi connectivity index (χ4n) is 8.47. The molecule has 0 fully saturated rings. The fraction of sp³-hybridized carbons (Fsp3) is 0.648. The molecule has 1 atom stereocenters. The Bertz CT molecular complexity index is 1650. The first-order chi connectivity index (χ1) is 38.0. The van der Waals surface area contributed by atoms with Gasteiger partial charge in [0.25, 0.3) is 0 Å². The van der Waals surface area contributed by atoms with Gasteiger partial charge in [-0.2, -0.15) is 0 Å². The molecule has 0 aliphatic carbocycles. The highest BCUT2D eigenvalue weighted by Crippen LogP contribution is 2.15. The molecule has 0 radical (unpaired) electrons. The van der Waals surface area contributed by atoms with Crippen LogP contribution in [0.1, 0.15) is 278 Å². The fourth-order valence-corrected chi connectivity index (χ4v) is 8.47. The van der Waals surface area contributed by atoms with Gasteiger partial charge in [-0.05, 0) is 116 Å². The molecule has 0 aliphatic rings. The van der Waals surface area contributed by atoms with Gasteiger partial charge in [-0.3, -0.25) is 14.4 Å². The molecule has 0 saturated carbocycles. The molecule has 77 heavy (non-hydrogen) atoms. The van der Waals surface area contributed by atoms with Crippen LogP contribution in [0.2, 0.25) is 0 Å². The van der Waals surface area contributed by atoms with E-state index in [0.717, 1.165) is 148 Å². The third-order valence-electron chi connectivity index (χ3n) is 13.2. The lowest BCUT2D eigenvalue weighted by Crippen LogP contribution is -2.30. The van der Waals surface area contributed by atoms with Crippen LogP contribution in [0.15, 0.2) is 134 Å². The second kappa shape index (κ2) is 64.1. The molecule has 0 amide bonds. The topological polar surface area (TPSA) is 78.9 Å². The molecule has 6 heteroatoms. The van der Waals surface area contributed by atoms with E-state index in [-0.39, 0.29) is 31.1 Å². The highest BCUT2D eigenvalue weighted by molar-refractivity contribution is 5.71. The average molecular weight is 1070 g/mol. The molecule has 0 spiro atoms. The maximum Gasteiger partial charge on any atom is 0.306 e. The van der Waals surface area contributed by atoms with Crippen molar-refractivity contribution in [3.05, 3.63) is 134 Å². The average Bonchev–Trinajstić information content (AvgIpc) is 3.43. The number of unbranched alkanes of at least 4 members (excludes halogenated alkanes) is 23. The number of ether oxygens (including phenoxy) is 3. The molecule has 0 aromatic heterocycles. The Labute approximate surface area is 475 Å². The van der Waals surface area contributed by atoms with E-state index in [1.54, 1.807) is 0 Å². The maximum atomic E-state index is 12.9. The second-order valence-corrected chi connectivity index (χ2v) is 20.6. The molecule has 436 valence electrons. The summed E-state index contributed by atoms with van der Waals surface area (Å²) in [6.45, 7) is 6.39. The van der Waals surface area contributed by atoms with E-state index in [0.29, 0.717) is 19.3 Å². The zero-order valence-corrected chi connectivity index (χ0v) is 49.9. The molecule has 0 heterocycles. The highest BCUT2D eigenvalue weighted by Gasteiger charge is 2.19. The minimum Gasteiger partial charge on any atom is -0.462 e. The number of carbonyl (C=O) groups excluding carboxylic acids is 3. The van der Waals surface area contributed by atoms with Crippen LogP contribution >= 0.6 is 0 Å². The summed E-state index contributed by atoms with van der Waals surface area (Å²) in [5, 5.41) is 0. The quantitative estimate of drug-likeness (QED) is 0.0261. The van der Waals surface area contributed by atoms with Crippen LogP contribution in [0.25, 0.3) is 0 Å². The lowest BCUT2D eigenvalue weighted by molar-refractivity contribution is -0.167. The molecule has 0 N–H and O–H groups in total. The monoisotopic (exact) mass is 1060 g/mol. The van der Waals surface area contributed by atoms with Crippen LogP contribution in [-0.2, 0) is 28.6 Å². The molecule has 1 unspecified atom stereocenters. The predicted molar refractivity (Wildman–Crippen MR) is 334 cm³/mol. The summed E-state index contributed by atoms with van der Waals surface area (Å²) in [5.74, 6) is -0.922. The molecule has 0 rings (SSSR count). The largest absolute Gasteiger partial charge is 0.462 e. The predicted octanol–water partition coefficient (Wildman–Crippen LogP) is 21.8. The minimum atomic E-state index is -0.798. The molecule has 0 aromatic rings. The van der Waals surface area contributed by atoms with E-state index in [1.165, 1.54) is 89.9 Å². The molecule has 0 aliphatic heterocycles. The van der Waals surface area contributed by atoms with E-state index in [4.69, 9.17) is 14.2 Å². The van der Waals surface area contributed by atoms with Crippen molar-refractivity contribution in [2.75, 3.05) is 13.2 Å². The van der Waals surface area contributed by atoms with Crippen molar-refractivity contribution < 1.29 is 28.6 Å². The van der Waals surface area contributed by atoms with Gasteiger partial charge >= 0.3 is 17.9 Å². The van der Waals surface area contributed by atoms with E-state index in [9.17, 15) is 14.4 Å². The van der Waals surface area contributed by atoms with Gasteiger partial charge in [-0.25, -0.2) is 0 Å². The van der Waals surface area contributed by atoms with Crippen LogP contribution in [-0.4, -0.2) is 37.2 Å². The molecular weight excluding hydrogens is 949 g/mol. The van der Waals surface area contributed by atoms with Gasteiger partial charge in [-0.1, -0.05) is 276 Å². The normalized spacial score (nSPS) is 13.0. The van der Waals surface area contributed by atoms with Crippen LogP contribution < -0.4 is 0 Å². The molecule has 0 aromatic carbocycles. The summed E-state index contributed by atoms with van der Waals surface area (Å²) in [6, 6.07) is 0. The van der Waals surface area contributed by atoms with E-state index < -0.39 is 6.10 Å².